The van der Waals surface area contributed by atoms with E-state index in [9.17, 15) is 4.79 Å². The fourth-order valence-electron chi connectivity index (χ4n) is 4.31. The van der Waals surface area contributed by atoms with Gasteiger partial charge in [-0.1, -0.05) is 29.5 Å². The van der Waals surface area contributed by atoms with Crippen LogP contribution in [0.5, 0.6) is 0 Å². The van der Waals surface area contributed by atoms with Crippen molar-refractivity contribution in [1.29, 1.82) is 0 Å². The van der Waals surface area contributed by atoms with E-state index in [1.807, 2.05) is 11.1 Å². The lowest BCUT2D eigenvalue weighted by Crippen LogP contribution is -2.44. The number of aromatic nitrogens is 3. The van der Waals surface area contributed by atoms with E-state index in [0.29, 0.717) is 11.6 Å². The number of carbonyl (C=O) groups excluding carboxylic acids is 1. The first-order chi connectivity index (χ1) is 13.7. The molecule has 1 atom stereocenters. The predicted molar refractivity (Wildman–Crippen MR) is 108 cm³/mol. The first kappa shape index (κ1) is 19.1. The summed E-state index contributed by atoms with van der Waals surface area (Å²) in [5.74, 6) is 0.411. The topological polar surface area (TPSA) is 66.3 Å². The number of hydrogen-bond donors (Lipinski definition) is 1. The van der Waals surface area contributed by atoms with Crippen molar-refractivity contribution < 1.29 is 4.79 Å². The van der Waals surface area contributed by atoms with Crippen LogP contribution in [0, 0.1) is 6.92 Å². The second-order valence-corrected chi connectivity index (χ2v) is 7.91. The van der Waals surface area contributed by atoms with Crippen LogP contribution in [0.1, 0.15) is 40.4 Å². The molecule has 2 aliphatic rings. The molecule has 0 radical (unpaired) electrons. The highest BCUT2D eigenvalue weighted by atomic mass is 16.2. The summed E-state index contributed by atoms with van der Waals surface area (Å²) in [6.45, 7) is 9.63. The summed E-state index contributed by atoms with van der Waals surface area (Å²) in [7, 11) is 0. The average molecular weight is 383 g/mol. The fourth-order valence-corrected chi connectivity index (χ4v) is 4.31. The summed E-state index contributed by atoms with van der Waals surface area (Å²) in [4.78, 5) is 17.3. The third-order valence-electron chi connectivity index (χ3n) is 5.95. The monoisotopic (exact) mass is 382 g/mol. The number of amides is 1. The Morgan fingerprint density at radius 1 is 1.18 bits per heavy atom. The van der Waals surface area contributed by atoms with Crippen LogP contribution in [0.25, 0.3) is 0 Å². The molecule has 1 N–H and O–H groups in total. The third kappa shape index (κ3) is 4.42. The maximum absolute atomic E-state index is 13.0. The lowest BCUT2D eigenvalue weighted by molar-refractivity contribution is 0.0700. The minimum absolute atomic E-state index is 0.00621. The summed E-state index contributed by atoms with van der Waals surface area (Å²) >= 11 is 0. The van der Waals surface area contributed by atoms with Gasteiger partial charge in [0.1, 0.15) is 0 Å². The SMILES string of the molecule is Cc1ccccc1[C@@H]1CCCN(C(=O)c2cn(CCN3CCNCC3)nn2)C1. The third-order valence-corrected chi connectivity index (χ3v) is 5.95. The van der Waals surface area contributed by atoms with Crippen molar-refractivity contribution in [3.8, 4) is 0 Å². The van der Waals surface area contributed by atoms with Gasteiger partial charge >= 0.3 is 0 Å². The highest BCUT2D eigenvalue weighted by molar-refractivity contribution is 5.92. The average Bonchev–Trinajstić information content (AvgIpc) is 3.22. The van der Waals surface area contributed by atoms with Gasteiger partial charge in [-0.15, -0.1) is 5.10 Å². The molecular weight excluding hydrogens is 352 g/mol. The van der Waals surface area contributed by atoms with Crippen LogP contribution in [0.4, 0.5) is 0 Å². The number of nitrogens with one attached hydrogen (secondary N) is 1. The zero-order chi connectivity index (χ0) is 19.3. The lowest BCUT2D eigenvalue weighted by atomic mass is 9.88. The van der Waals surface area contributed by atoms with Crippen LogP contribution >= 0.6 is 0 Å². The van der Waals surface area contributed by atoms with Gasteiger partial charge in [0.15, 0.2) is 5.69 Å². The number of likely N-dealkylation sites (tertiary alicyclic amines) is 1. The van der Waals surface area contributed by atoms with Crippen LogP contribution in [0.15, 0.2) is 30.5 Å². The maximum atomic E-state index is 13.0. The molecule has 0 bridgehead atoms. The number of carbonyl (C=O) groups is 1. The Bertz CT molecular complexity index is 798. The van der Waals surface area contributed by atoms with E-state index in [4.69, 9.17) is 0 Å². The van der Waals surface area contributed by atoms with Crippen molar-refractivity contribution in [3.63, 3.8) is 0 Å². The molecule has 2 aliphatic heterocycles. The Labute approximate surface area is 166 Å². The largest absolute Gasteiger partial charge is 0.337 e. The van der Waals surface area contributed by atoms with Crippen LogP contribution in [0.2, 0.25) is 0 Å². The molecule has 0 unspecified atom stereocenters. The number of piperidine rings is 1. The van der Waals surface area contributed by atoms with Crippen LogP contribution in [0.3, 0.4) is 0 Å². The van der Waals surface area contributed by atoms with Gasteiger partial charge in [-0.25, -0.2) is 0 Å². The van der Waals surface area contributed by atoms with Gasteiger partial charge in [0.25, 0.3) is 5.91 Å². The normalized spacial score (nSPS) is 21.0. The molecular formula is C21H30N6O. The van der Waals surface area contributed by atoms with Gasteiger partial charge in [0, 0.05) is 51.7 Å². The molecule has 2 saturated heterocycles. The van der Waals surface area contributed by atoms with Gasteiger partial charge in [-0.3, -0.25) is 14.4 Å². The molecule has 2 aromatic rings. The number of nitrogens with zero attached hydrogens (tertiary/aromatic N) is 5. The summed E-state index contributed by atoms with van der Waals surface area (Å²) in [5.41, 5.74) is 3.13. The number of piperazine rings is 1. The Balaban J connectivity index is 1.36. The first-order valence-electron chi connectivity index (χ1n) is 10.4. The number of rotatable bonds is 5. The minimum atomic E-state index is 0.00621. The van der Waals surface area contributed by atoms with Crippen molar-refractivity contribution in [2.75, 3.05) is 45.8 Å². The Morgan fingerprint density at radius 2 is 2.00 bits per heavy atom. The van der Waals surface area contributed by atoms with Crippen LogP contribution in [-0.2, 0) is 6.54 Å². The smallest absolute Gasteiger partial charge is 0.276 e. The Kier molecular flexibility index (Phi) is 6.02. The van der Waals surface area contributed by atoms with Crippen LogP contribution in [-0.4, -0.2) is 76.5 Å². The molecule has 7 nitrogen and oxygen atoms in total. The molecule has 0 aliphatic carbocycles. The zero-order valence-corrected chi connectivity index (χ0v) is 16.7. The van der Waals surface area contributed by atoms with E-state index >= 15 is 0 Å². The van der Waals surface area contributed by atoms with E-state index in [1.165, 1.54) is 11.1 Å². The van der Waals surface area contributed by atoms with E-state index in [1.54, 1.807) is 4.68 Å². The summed E-state index contributed by atoms with van der Waals surface area (Å²) in [5, 5.41) is 11.7. The maximum Gasteiger partial charge on any atom is 0.276 e. The zero-order valence-electron chi connectivity index (χ0n) is 16.7. The molecule has 28 heavy (non-hydrogen) atoms. The molecule has 4 rings (SSSR count). The second kappa shape index (κ2) is 8.84. The van der Waals surface area contributed by atoms with E-state index < -0.39 is 0 Å². The molecule has 7 heteroatoms. The molecule has 2 fully saturated rings. The van der Waals surface area contributed by atoms with Crippen molar-refractivity contribution in [1.82, 2.24) is 30.1 Å². The first-order valence-corrected chi connectivity index (χ1v) is 10.4. The molecule has 3 heterocycles. The van der Waals surface area contributed by atoms with Crippen molar-refractivity contribution in [2.24, 2.45) is 0 Å². The summed E-state index contributed by atoms with van der Waals surface area (Å²) in [6, 6.07) is 8.51. The molecule has 0 spiro atoms. The van der Waals surface area contributed by atoms with Crippen molar-refractivity contribution in [2.45, 2.75) is 32.2 Å². The van der Waals surface area contributed by atoms with E-state index in [2.05, 4.69) is 51.7 Å². The standard InChI is InChI=1S/C21H30N6O/c1-17-5-2-3-7-19(17)18-6-4-10-26(15-18)21(28)20-16-27(24-23-20)14-13-25-11-8-22-9-12-25/h2-3,5,7,16,18,22H,4,6,8-15H2,1H3/t18-/m1/s1. The van der Waals surface area contributed by atoms with Crippen LogP contribution < -0.4 is 5.32 Å². The van der Waals surface area contributed by atoms with Crippen molar-refractivity contribution in [3.05, 3.63) is 47.3 Å². The molecule has 150 valence electrons. The van der Waals surface area contributed by atoms with E-state index in [-0.39, 0.29) is 5.91 Å². The quantitative estimate of drug-likeness (QED) is 0.849. The van der Waals surface area contributed by atoms with Gasteiger partial charge in [-0.05, 0) is 30.9 Å². The van der Waals surface area contributed by atoms with Gasteiger partial charge in [0.05, 0.1) is 12.7 Å². The fraction of sp³-hybridized carbons (Fsp3) is 0.571. The lowest BCUT2D eigenvalue weighted by Gasteiger charge is -2.33. The molecule has 1 aromatic carbocycles. The number of hydrogen-bond acceptors (Lipinski definition) is 5. The van der Waals surface area contributed by atoms with Crippen molar-refractivity contribution >= 4 is 5.91 Å². The minimum Gasteiger partial charge on any atom is -0.337 e. The van der Waals surface area contributed by atoms with Gasteiger partial charge in [0.2, 0.25) is 0 Å². The summed E-state index contributed by atoms with van der Waals surface area (Å²) in [6.07, 6.45) is 3.97. The molecule has 1 amide bonds. The molecule has 1 aromatic heterocycles. The highest BCUT2D eigenvalue weighted by Crippen LogP contribution is 2.29. The predicted octanol–water partition coefficient (Wildman–Crippen LogP) is 1.51. The Morgan fingerprint density at radius 3 is 2.82 bits per heavy atom. The molecule has 0 saturated carbocycles. The van der Waals surface area contributed by atoms with Gasteiger partial charge < -0.3 is 10.2 Å². The Hall–Kier alpha value is -2.25. The van der Waals surface area contributed by atoms with Gasteiger partial charge in [-0.2, -0.15) is 0 Å². The number of benzene rings is 1. The highest BCUT2D eigenvalue weighted by Gasteiger charge is 2.27. The number of aryl methyl sites for hydroxylation is 1. The van der Waals surface area contributed by atoms with E-state index in [0.717, 1.165) is 65.2 Å². The summed E-state index contributed by atoms with van der Waals surface area (Å²) < 4.78 is 1.80. The second-order valence-electron chi connectivity index (χ2n) is 7.91.